The first-order valence-electron chi connectivity index (χ1n) is 10.5. The first-order valence-corrected chi connectivity index (χ1v) is 11.7. The molecule has 2 aromatic rings. The standard InChI is InChI=1S/C24H25BrN2O4S/c1-4-12-26-22(28)18(23(29)27(24(26)32)17-10-8-7-9-11-17)13-16-14-19(25)21(31-6-3)15-20(16)30-5-2/h7-11,13-15H,4-6,12H2,1-3H3/b18-13+. The molecule has 0 bridgehead atoms. The van der Waals surface area contributed by atoms with E-state index in [1.165, 1.54) is 9.80 Å². The maximum atomic E-state index is 13.5. The number of amides is 2. The van der Waals surface area contributed by atoms with E-state index in [2.05, 4.69) is 15.9 Å². The highest BCUT2D eigenvalue weighted by atomic mass is 79.9. The molecular formula is C24H25BrN2O4S. The summed E-state index contributed by atoms with van der Waals surface area (Å²) in [5.41, 5.74) is 1.23. The van der Waals surface area contributed by atoms with Crippen LogP contribution in [0.4, 0.5) is 5.69 Å². The van der Waals surface area contributed by atoms with Crippen LogP contribution in [-0.4, -0.2) is 41.6 Å². The van der Waals surface area contributed by atoms with Crippen LogP contribution in [0.5, 0.6) is 11.5 Å². The lowest BCUT2D eigenvalue weighted by atomic mass is 10.0. The van der Waals surface area contributed by atoms with Gasteiger partial charge >= 0.3 is 0 Å². The van der Waals surface area contributed by atoms with E-state index in [0.29, 0.717) is 53.4 Å². The molecular weight excluding hydrogens is 492 g/mol. The first-order chi connectivity index (χ1) is 15.4. The Balaban J connectivity index is 2.14. The van der Waals surface area contributed by atoms with Gasteiger partial charge in [0.25, 0.3) is 11.8 Å². The van der Waals surface area contributed by atoms with Crippen molar-refractivity contribution in [3.05, 3.63) is 58.1 Å². The van der Waals surface area contributed by atoms with Gasteiger partial charge in [0.05, 0.1) is 23.4 Å². The van der Waals surface area contributed by atoms with Crippen molar-refractivity contribution in [1.29, 1.82) is 0 Å². The number of thiocarbonyl (C=S) groups is 1. The third kappa shape index (κ3) is 4.86. The van der Waals surface area contributed by atoms with E-state index in [-0.39, 0.29) is 10.7 Å². The van der Waals surface area contributed by atoms with Crippen LogP contribution in [0, 0.1) is 0 Å². The molecule has 0 aliphatic carbocycles. The second-order valence-electron chi connectivity index (χ2n) is 6.96. The Morgan fingerprint density at radius 2 is 1.62 bits per heavy atom. The van der Waals surface area contributed by atoms with Crippen molar-refractivity contribution in [1.82, 2.24) is 4.90 Å². The molecule has 0 aromatic heterocycles. The average Bonchev–Trinajstić information content (AvgIpc) is 2.78. The van der Waals surface area contributed by atoms with Gasteiger partial charge in [-0.3, -0.25) is 19.4 Å². The second-order valence-corrected chi connectivity index (χ2v) is 8.18. The fraction of sp³-hybridized carbons (Fsp3) is 0.292. The minimum atomic E-state index is -0.467. The minimum Gasteiger partial charge on any atom is -0.493 e. The number of ether oxygens (including phenoxy) is 2. The predicted molar refractivity (Wildman–Crippen MR) is 133 cm³/mol. The number of carbonyl (C=O) groups is 2. The summed E-state index contributed by atoms with van der Waals surface area (Å²) in [4.78, 5) is 29.6. The van der Waals surface area contributed by atoms with Gasteiger partial charge in [-0.15, -0.1) is 0 Å². The van der Waals surface area contributed by atoms with Gasteiger partial charge in [0.15, 0.2) is 5.11 Å². The van der Waals surface area contributed by atoms with E-state index in [0.717, 1.165) is 0 Å². The fourth-order valence-corrected chi connectivity index (χ4v) is 4.20. The summed E-state index contributed by atoms with van der Waals surface area (Å²) in [5, 5.41) is 0.183. The number of hydrogen-bond donors (Lipinski definition) is 0. The molecule has 3 rings (SSSR count). The number of anilines is 1. The lowest BCUT2D eigenvalue weighted by Gasteiger charge is -2.36. The fourth-order valence-electron chi connectivity index (χ4n) is 3.37. The topological polar surface area (TPSA) is 59.1 Å². The van der Waals surface area contributed by atoms with Crippen LogP contribution in [-0.2, 0) is 9.59 Å². The Morgan fingerprint density at radius 1 is 0.969 bits per heavy atom. The van der Waals surface area contributed by atoms with Crippen LogP contribution in [0.15, 0.2) is 52.5 Å². The molecule has 2 amide bonds. The van der Waals surface area contributed by atoms with Gasteiger partial charge in [0.2, 0.25) is 0 Å². The van der Waals surface area contributed by atoms with Crippen LogP contribution in [0.2, 0.25) is 0 Å². The molecule has 0 atom stereocenters. The smallest absolute Gasteiger partial charge is 0.270 e. The summed E-state index contributed by atoms with van der Waals surface area (Å²) in [6.45, 7) is 7.06. The number of halogens is 1. The van der Waals surface area contributed by atoms with Gasteiger partial charge in [-0.05, 0) is 72.7 Å². The molecule has 2 aromatic carbocycles. The molecule has 1 aliphatic heterocycles. The van der Waals surface area contributed by atoms with Gasteiger partial charge in [-0.1, -0.05) is 25.1 Å². The van der Waals surface area contributed by atoms with E-state index in [1.807, 2.05) is 39.0 Å². The molecule has 0 spiro atoms. The predicted octanol–water partition coefficient (Wildman–Crippen LogP) is 5.20. The van der Waals surface area contributed by atoms with Gasteiger partial charge in [-0.25, -0.2) is 0 Å². The van der Waals surface area contributed by atoms with Crippen molar-refractivity contribution < 1.29 is 19.1 Å². The van der Waals surface area contributed by atoms with Crippen molar-refractivity contribution in [2.24, 2.45) is 0 Å². The van der Waals surface area contributed by atoms with E-state index in [9.17, 15) is 9.59 Å². The summed E-state index contributed by atoms with van der Waals surface area (Å²) in [6, 6.07) is 12.6. The summed E-state index contributed by atoms with van der Waals surface area (Å²) >= 11 is 9.04. The zero-order chi connectivity index (χ0) is 23.3. The SMILES string of the molecule is CCCN1C(=O)/C(=C\c2cc(Br)c(OCC)cc2OCC)C(=O)N(c2ccccc2)C1=S. The van der Waals surface area contributed by atoms with Gasteiger partial charge in [0.1, 0.15) is 17.1 Å². The zero-order valence-corrected chi connectivity index (χ0v) is 20.7. The minimum absolute atomic E-state index is 0.0212. The van der Waals surface area contributed by atoms with E-state index in [4.69, 9.17) is 21.7 Å². The third-order valence-corrected chi connectivity index (χ3v) is 5.78. The average molecular weight is 517 g/mol. The first kappa shape index (κ1) is 23.9. The molecule has 8 heteroatoms. The third-order valence-electron chi connectivity index (χ3n) is 4.76. The monoisotopic (exact) mass is 516 g/mol. The lowest BCUT2D eigenvalue weighted by molar-refractivity contribution is -0.127. The van der Waals surface area contributed by atoms with Crippen molar-refractivity contribution in [3.8, 4) is 11.5 Å². The van der Waals surface area contributed by atoms with Gasteiger partial charge in [-0.2, -0.15) is 0 Å². The molecule has 1 fully saturated rings. The molecule has 1 saturated heterocycles. The number of nitrogens with zero attached hydrogens (tertiary/aromatic N) is 2. The van der Waals surface area contributed by atoms with Gasteiger partial charge in [0, 0.05) is 18.2 Å². The largest absolute Gasteiger partial charge is 0.493 e. The van der Waals surface area contributed by atoms with Crippen LogP contribution >= 0.6 is 28.1 Å². The van der Waals surface area contributed by atoms with E-state index in [1.54, 1.807) is 30.3 Å². The van der Waals surface area contributed by atoms with Crippen molar-refractivity contribution in [3.63, 3.8) is 0 Å². The molecule has 1 heterocycles. The molecule has 6 nitrogen and oxygen atoms in total. The normalized spacial score (nSPS) is 15.5. The lowest BCUT2D eigenvalue weighted by Crippen LogP contribution is -2.56. The molecule has 168 valence electrons. The van der Waals surface area contributed by atoms with Crippen molar-refractivity contribution >= 4 is 56.8 Å². The van der Waals surface area contributed by atoms with Crippen LogP contribution < -0.4 is 14.4 Å². The number of para-hydroxylation sites is 1. The number of carbonyl (C=O) groups excluding carboxylic acids is 2. The summed E-state index contributed by atoms with van der Waals surface area (Å²) in [5.74, 6) is 0.264. The van der Waals surface area contributed by atoms with Crippen LogP contribution in [0.1, 0.15) is 32.8 Å². The quantitative estimate of drug-likeness (QED) is 0.274. The molecule has 32 heavy (non-hydrogen) atoms. The maximum Gasteiger partial charge on any atom is 0.270 e. The highest BCUT2D eigenvalue weighted by Crippen LogP contribution is 2.35. The molecule has 0 radical (unpaired) electrons. The van der Waals surface area contributed by atoms with E-state index >= 15 is 0 Å². The van der Waals surface area contributed by atoms with Crippen molar-refractivity contribution in [2.75, 3.05) is 24.7 Å². The molecule has 1 aliphatic rings. The Bertz CT molecular complexity index is 1060. The Kier molecular flexibility index (Phi) is 8.04. The summed E-state index contributed by atoms with van der Waals surface area (Å²) < 4.78 is 12.1. The zero-order valence-electron chi connectivity index (χ0n) is 18.3. The summed E-state index contributed by atoms with van der Waals surface area (Å²) in [6.07, 6.45) is 2.27. The Hall–Kier alpha value is -2.71. The Labute approximate surface area is 201 Å². The van der Waals surface area contributed by atoms with Crippen LogP contribution in [0.25, 0.3) is 6.08 Å². The molecule has 0 saturated carbocycles. The highest BCUT2D eigenvalue weighted by Gasteiger charge is 2.40. The Morgan fingerprint density at radius 3 is 2.25 bits per heavy atom. The number of rotatable bonds is 8. The molecule has 0 unspecified atom stereocenters. The van der Waals surface area contributed by atoms with Crippen molar-refractivity contribution in [2.45, 2.75) is 27.2 Å². The van der Waals surface area contributed by atoms with Gasteiger partial charge < -0.3 is 9.47 Å². The maximum absolute atomic E-state index is 13.5. The molecule has 0 N–H and O–H groups in total. The number of benzene rings is 2. The summed E-state index contributed by atoms with van der Waals surface area (Å²) in [7, 11) is 0. The number of hydrogen-bond acceptors (Lipinski definition) is 5. The van der Waals surface area contributed by atoms with E-state index < -0.39 is 11.8 Å². The highest BCUT2D eigenvalue weighted by molar-refractivity contribution is 9.10. The second kappa shape index (κ2) is 10.7. The van der Waals surface area contributed by atoms with Crippen LogP contribution in [0.3, 0.4) is 0 Å².